The number of hydrogen-bond acceptors (Lipinski definition) is 4. The zero-order valence-corrected chi connectivity index (χ0v) is 17.0. The van der Waals surface area contributed by atoms with Crippen LogP contribution in [0.1, 0.15) is 43.7 Å². The Labute approximate surface area is 165 Å². The summed E-state index contributed by atoms with van der Waals surface area (Å²) in [5.41, 5.74) is 1.25. The molecule has 7 heteroatoms. The molecule has 6 nitrogen and oxygen atoms in total. The number of carbonyl (C=O) groups is 2. The van der Waals surface area contributed by atoms with Crippen LogP contribution < -0.4 is 15.0 Å². The van der Waals surface area contributed by atoms with Crippen molar-refractivity contribution in [2.24, 2.45) is 0 Å². The number of urea groups is 1. The van der Waals surface area contributed by atoms with Gasteiger partial charge in [-0.1, -0.05) is 0 Å². The summed E-state index contributed by atoms with van der Waals surface area (Å²) in [6.07, 6.45) is 7.28. The van der Waals surface area contributed by atoms with Crippen molar-refractivity contribution >= 4 is 23.7 Å². The summed E-state index contributed by atoms with van der Waals surface area (Å²) in [5, 5.41) is 2.86. The van der Waals surface area contributed by atoms with Gasteiger partial charge in [0.15, 0.2) is 6.67 Å². The number of benzene rings is 1. The lowest BCUT2D eigenvalue weighted by Gasteiger charge is -2.29. The predicted octanol–water partition coefficient (Wildman–Crippen LogP) is 1.83. The van der Waals surface area contributed by atoms with E-state index in [2.05, 4.69) is 17.4 Å². The molecule has 3 atom stereocenters. The highest BCUT2D eigenvalue weighted by Gasteiger charge is 2.41. The summed E-state index contributed by atoms with van der Waals surface area (Å²) < 4.78 is 5.27. The van der Waals surface area contributed by atoms with E-state index in [1.54, 1.807) is 18.9 Å². The molecule has 2 fully saturated rings. The lowest BCUT2D eigenvalue weighted by atomic mass is 10.0. The SMILES string of the molecule is COc1ccc([C@H]2CCCCC[NH+]2CN2C(=O)N[C@@H](CCSC)C2=O)cc1. The Morgan fingerprint density at radius 1 is 1.22 bits per heavy atom. The van der Waals surface area contributed by atoms with E-state index in [1.807, 2.05) is 18.4 Å². The lowest BCUT2D eigenvalue weighted by molar-refractivity contribution is -0.938. The second-order valence-electron chi connectivity index (χ2n) is 7.29. The number of carbonyl (C=O) groups excluding carboxylic acids is 2. The van der Waals surface area contributed by atoms with E-state index in [4.69, 9.17) is 4.74 Å². The van der Waals surface area contributed by atoms with E-state index >= 15 is 0 Å². The molecule has 3 rings (SSSR count). The first-order valence-electron chi connectivity index (χ1n) is 9.73. The standard InChI is InChI=1S/C20H29N3O3S/c1-26-16-9-7-15(8-10-16)18-6-4-3-5-12-22(18)14-23-19(24)17(11-13-27-2)21-20(23)25/h7-10,17-18H,3-6,11-14H2,1-2H3,(H,21,25)/p+1/t17-,18+/m0/s1. The van der Waals surface area contributed by atoms with Crippen molar-refractivity contribution < 1.29 is 19.2 Å². The van der Waals surface area contributed by atoms with E-state index in [0.717, 1.165) is 30.9 Å². The first kappa shape index (κ1) is 20.0. The zero-order valence-electron chi connectivity index (χ0n) is 16.2. The molecule has 0 aromatic heterocycles. The maximum absolute atomic E-state index is 12.7. The predicted molar refractivity (Wildman–Crippen MR) is 107 cm³/mol. The van der Waals surface area contributed by atoms with Crippen LogP contribution in [-0.2, 0) is 4.79 Å². The summed E-state index contributed by atoms with van der Waals surface area (Å²) in [5.74, 6) is 1.65. The average Bonchev–Trinajstić information content (AvgIpc) is 2.85. The van der Waals surface area contributed by atoms with Crippen LogP contribution in [0.4, 0.5) is 4.79 Å². The number of amides is 3. The quantitative estimate of drug-likeness (QED) is 0.695. The number of imide groups is 1. The first-order chi connectivity index (χ1) is 13.1. The third kappa shape index (κ3) is 4.76. The molecular weight excluding hydrogens is 362 g/mol. The Morgan fingerprint density at radius 2 is 2.00 bits per heavy atom. The van der Waals surface area contributed by atoms with Crippen LogP contribution >= 0.6 is 11.8 Å². The second kappa shape index (κ2) is 9.46. The van der Waals surface area contributed by atoms with E-state index in [9.17, 15) is 9.59 Å². The molecule has 2 N–H and O–H groups in total. The first-order valence-corrected chi connectivity index (χ1v) is 11.1. The van der Waals surface area contributed by atoms with Crippen molar-refractivity contribution in [2.45, 2.75) is 44.2 Å². The average molecular weight is 393 g/mol. The molecule has 0 saturated carbocycles. The third-order valence-electron chi connectivity index (χ3n) is 5.58. The highest BCUT2D eigenvalue weighted by molar-refractivity contribution is 7.98. The van der Waals surface area contributed by atoms with Crippen molar-refractivity contribution in [2.75, 3.05) is 32.3 Å². The maximum Gasteiger partial charge on any atom is 0.329 e. The number of ether oxygens (including phenoxy) is 1. The fourth-order valence-corrected chi connectivity index (χ4v) is 4.52. The Balaban J connectivity index is 1.73. The molecule has 1 unspecified atom stereocenters. The number of nitrogens with zero attached hydrogens (tertiary/aromatic N) is 1. The fraction of sp³-hybridized carbons (Fsp3) is 0.600. The molecular formula is C20H30N3O3S+. The van der Waals surface area contributed by atoms with Crippen LogP contribution in [0.3, 0.4) is 0 Å². The minimum Gasteiger partial charge on any atom is -0.497 e. The number of quaternary nitrogens is 1. The van der Waals surface area contributed by atoms with Crippen molar-refractivity contribution in [3.05, 3.63) is 29.8 Å². The topological polar surface area (TPSA) is 63.1 Å². The minimum atomic E-state index is -0.365. The smallest absolute Gasteiger partial charge is 0.329 e. The van der Waals surface area contributed by atoms with E-state index in [0.29, 0.717) is 19.1 Å². The molecule has 0 bridgehead atoms. The Kier molecular flexibility index (Phi) is 7.01. The second-order valence-corrected chi connectivity index (χ2v) is 8.28. The molecule has 2 aliphatic rings. The van der Waals surface area contributed by atoms with Gasteiger partial charge in [-0.15, -0.1) is 0 Å². The van der Waals surface area contributed by atoms with Gasteiger partial charge in [0.1, 0.15) is 17.8 Å². The highest BCUT2D eigenvalue weighted by atomic mass is 32.2. The Hall–Kier alpha value is -1.73. The lowest BCUT2D eigenvalue weighted by Crippen LogP contribution is -3.13. The summed E-state index contributed by atoms with van der Waals surface area (Å²) in [6, 6.07) is 7.90. The fourth-order valence-electron chi connectivity index (χ4n) is 4.04. The number of nitrogens with one attached hydrogen (secondary N) is 2. The van der Waals surface area contributed by atoms with Gasteiger partial charge in [0, 0.05) is 12.0 Å². The molecule has 3 amide bonds. The Morgan fingerprint density at radius 3 is 2.70 bits per heavy atom. The van der Waals surface area contributed by atoms with Gasteiger partial charge in [-0.2, -0.15) is 11.8 Å². The van der Waals surface area contributed by atoms with Crippen LogP contribution in [0.5, 0.6) is 5.75 Å². The van der Waals surface area contributed by atoms with E-state index < -0.39 is 0 Å². The maximum atomic E-state index is 12.7. The molecule has 2 aliphatic heterocycles. The summed E-state index contributed by atoms with van der Waals surface area (Å²) in [6.45, 7) is 1.42. The monoisotopic (exact) mass is 392 g/mol. The van der Waals surface area contributed by atoms with E-state index in [1.165, 1.54) is 28.2 Å². The molecule has 0 spiro atoms. The van der Waals surface area contributed by atoms with Gasteiger partial charge in [-0.25, -0.2) is 9.69 Å². The van der Waals surface area contributed by atoms with Gasteiger partial charge in [0.05, 0.1) is 13.7 Å². The van der Waals surface area contributed by atoms with Crippen LogP contribution in [0, 0.1) is 0 Å². The largest absolute Gasteiger partial charge is 0.497 e. The molecule has 1 aromatic rings. The van der Waals surface area contributed by atoms with Gasteiger partial charge >= 0.3 is 6.03 Å². The minimum absolute atomic E-state index is 0.0701. The number of likely N-dealkylation sites (tertiary alicyclic amines) is 1. The molecule has 1 aromatic carbocycles. The molecule has 148 valence electrons. The van der Waals surface area contributed by atoms with Crippen LogP contribution in [-0.4, -0.2) is 55.2 Å². The molecule has 2 saturated heterocycles. The van der Waals surface area contributed by atoms with Crippen LogP contribution in [0.2, 0.25) is 0 Å². The molecule has 0 aliphatic carbocycles. The summed E-state index contributed by atoms with van der Waals surface area (Å²) in [4.78, 5) is 27.8. The third-order valence-corrected chi connectivity index (χ3v) is 6.22. The van der Waals surface area contributed by atoms with Crippen molar-refractivity contribution in [1.29, 1.82) is 0 Å². The van der Waals surface area contributed by atoms with Gasteiger partial charge in [-0.05, 0) is 62.0 Å². The van der Waals surface area contributed by atoms with Crippen molar-refractivity contribution in [3.8, 4) is 5.75 Å². The Bertz CT molecular complexity index is 652. The number of hydrogen-bond donors (Lipinski definition) is 2. The normalized spacial score (nSPS) is 26.0. The van der Waals surface area contributed by atoms with Gasteiger partial charge < -0.3 is 15.0 Å². The van der Waals surface area contributed by atoms with Gasteiger partial charge in [-0.3, -0.25) is 4.79 Å². The number of rotatable bonds is 7. The summed E-state index contributed by atoms with van der Waals surface area (Å²) >= 11 is 1.69. The van der Waals surface area contributed by atoms with Crippen molar-refractivity contribution in [1.82, 2.24) is 10.2 Å². The zero-order chi connectivity index (χ0) is 19.2. The molecule has 2 heterocycles. The van der Waals surface area contributed by atoms with Crippen molar-refractivity contribution in [3.63, 3.8) is 0 Å². The van der Waals surface area contributed by atoms with Gasteiger partial charge in [0.2, 0.25) is 0 Å². The van der Waals surface area contributed by atoms with Crippen LogP contribution in [0.25, 0.3) is 0 Å². The highest BCUT2D eigenvalue weighted by Crippen LogP contribution is 2.22. The summed E-state index contributed by atoms with van der Waals surface area (Å²) in [7, 11) is 1.67. The molecule has 0 radical (unpaired) electrons. The number of thioether (sulfide) groups is 1. The number of methoxy groups -OCH3 is 1. The van der Waals surface area contributed by atoms with E-state index in [-0.39, 0.29) is 18.0 Å². The van der Waals surface area contributed by atoms with Gasteiger partial charge in [0.25, 0.3) is 5.91 Å². The van der Waals surface area contributed by atoms with Crippen LogP contribution in [0.15, 0.2) is 24.3 Å². The molecule has 27 heavy (non-hydrogen) atoms.